The number of nitrogens with zero attached hydrogens (tertiary/aromatic N) is 1. The van der Waals surface area contributed by atoms with E-state index in [0.717, 1.165) is 12.0 Å². The van der Waals surface area contributed by atoms with Crippen LogP contribution in [0.25, 0.3) is 0 Å². The largest absolute Gasteiger partial charge is 0.409 e. The molecule has 1 unspecified atom stereocenters. The number of nitrogens with two attached hydrogens (primary N) is 1. The fraction of sp³-hybridized carbons (Fsp3) is 0.429. The van der Waals surface area contributed by atoms with Crippen LogP contribution >= 0.6 is 0 Å². The van der Waals surface area contributed by atoms with Crippen molar-refractivity contribution in [3.05, 3.63) is 35.4 Å². The Kier molecular flexibility index (Phi) is 6.52. The molecule has 1 rings (SSSR count). The zero-order valence-electron chi connectivity index (χ0n) is 11.9. The Labute approximate surface area is 119 Å². The van der Waals surface area contributed by atoms with Crippen LogP contribution < -0.4 is 16.4 Å². The van der Waals surface area contributed by atoms with Crippen LogP contribution in [0.3, 0.4) is 0 Å². The quantitative estimate of drug-likeness (QED) is 0.256. The van der Waals surface area contributed by atoms with Gasteiger partial charge in [0.1, 0.15) is 0 Å². The topological polar surface area (TPSA) is 99.7 Å². The molecule has 1 aromatic carbocycles. The van der Waals surface area contributed by atoms with Gasteiger partial charge in [-0.1, -0.05) is 30.3 Å². The smallest absolute Gasteiger partial charge is 0.236 e. The number of nitrogens with one attached hydrogen (secondary N) is 2. The lowest BCUT2D eigenvalue weighted by atomic mass is 10.1. The summed E-state index contributed by atoms with van der Waals surface area (Å²) in [6.45, 7) is 5.05. The van der Waals surface area contributed by atoms with Crippen molar-refractivity contribution in [1.82, 2.24) is 10.6 Å². The minimum absolute atomic E-state index is 0.0144. The van der Waals surface area contributed by atoms with Crippen LogP contribution in [0.2, 0.25) is 0 Å². The monoisotopic (exact) mass is 278 g/mol. The van der Waals surface area contributed by atoms with Crippen molar-refractivity contribution in [3.8, 4) is 0 Å². The lowest BCUT2D eigenvalue weighted by molar-refractivity contribution is -0.122. The standard InChI is InChI=1S/C14H22N4O2/c1-3-7-16-14(19)10(2)17-9-11-5-4-6-12(8-11)13(15)18-20/h4-6,8,10,17,20H,3,7,9H2,1-2H3,(H2,15,18)(H,16,19). The molecular formula is C14H22N4O2. The molecule has 6 heteroatoms. The number of hydrogen-bond acceptors (Lipinski definition) is 4. The first kappa shape index (κ1) is 16.0. The summed E-state index contributed by atoms with van der Waals surface area (Å²) in [4.78, 5) is 11.7. The van der Waals surface area contributed by atoms with E-state index in [0.29, 0.717) is 18.7 Å². The van der Waals surface area contributed by atoms with Crippen molar-refractivity contribution in [2.45, 2.75) is 32.9 Å². The Morgan fingerprint density at radius 2 is 2.25 bits per heavy atom. The molecule has 0 fully saturated rings. The number of carbonyl (C=O) groups is 1. The first-order valence-corrected chi connectivity index (χ1v) is 6.66. The molecule has 0 bridgehead atoms. The lowest BCUT2D eigenvalue weighted by Crippen LogP contribution is -2.42. The minimum atomic E-state index is -0.269. The van der Waals surface area contributed by atoms with Gasteiger partial charge in [-0.25, -0.2) is 0 Å². The maximum atomic E-state index is 11.7. The van der Waals surface area contributed by atoms with Crippen LogP contribution in [-0.2, 0) is 11.3 Å². The number of rotatable bonds is 7. The molecule has 1 aromatic rings. The second kappa shape index (κ2) is 8.16. The number of oxime groups is 1. The van der Waals surface area contributed by atoms with Crippen LogP contribution in [-0.4, -0.2) is 29.5 Å². The van der Waals surface area contributed by atoms with E-state index in [1.54, 1.807) is 6.07 Å². The molecule has 1 atom stereocenters. The SMILES string of the molecule is CCCNC(=O)C(C)NCc1cccc(C(N)=NO)c1. The van der Waals surface area contributed by atoms with Gasteiger partial charge in [-0.3, -0.25) is 4.79 Å². The van der Waals surface area contributed by atoms with E-state index in [9.17, 15) is 4.79 Å². The van der Waals surface area contributed by atoms with Gasteiger partial charge in [0.05, 0.1) is 6.04 Å². The van der Waals surface area contributed by atoms with Gasteiger partial charge in [0, 0.05) is 18.7 Å². The summed E-state index contributed by atoms with van der Waals surface area (Å²) in [7, 11) is 0. The van der Waals surface area contributed by atoms with Crippen molar-refractivity contribution < 1.29 is 10.0 Å². The van der Waals surface area contributed by atoms with E-state index in [1.807, 2.05) is 32.0 Å². The second-order valence-electron chi connectivity index (χ2n) is 4.58. The molecule has 0 spiro atoms. The van der Waals surface area contributed by atoms with Crippen LogP contribution in [0.4, 0.5) is 0 Å². The van der Waals surface area contributed by atoms with Gasteiger partial charge in [-0.05, 0) is 25.0 Å². The summed E-state index contributed by atoms with van der Waals surface area (Å²) in [6.07, 6.45) is 0.917. The molecule has 0 saturated carbocycles. The first-order chi connectivity index (χ1) is 9.58. The Bertz CT molecular complexity index is 474. The average molecular weight is 278 g/mol. The summed E-state index contributed by atoms with van der Waals surface area (Å²) in [5, 5.41) is 17.6. The summed E-state index contributed by atoms with van der Waals surface area (Å²) < 4.78 is 0. The molecule has 0 aliphatic heterocycles. The van der Waals surface area contributed by atoms with E-state index >= 15 is 0 Å². The summed E-state index contributed by atoms with van der Waals surface area (Å²) >= 11 is 0. The maximum Gasteiger partial charge on any atom is 0.236 e. The highest BCUT2D eigenvalue weighted by Crippen LogP contribution is 2.05. The molecule has 0 heterocycles. The Morgan fingerprint density at radius 3 is 2.90 bits per heavy atom. The number of benzene rings is 1. The lowest BCUT2D eigenvalue weighted by Gasteiger charge is -2.14. The van der Waals surface area contributed by atoms with Crippen molar-refractivity contribution in [1.29, 1.82) is 0 Å². The Morgan fingerprint density at radius 1 is 1.50 bits per heavy atom. The van der Waals surface area contributed by atoms with Gasteiger partial charge >= 0.3 is 0 Å². The molecule has 0 aliphatic rings. The van der Waals surface area contributed by atoms with E-state index in [-0.39, 0.29) is 17.8 Å². The van der Waals surface area contributed by atoms with Gasteiger partial charge in [0.25, 0.3) is 0 Å². The normalized spacial score (nSPS) is 13.0. The molecule has 0 radical (unpaired) electrons. The van der Waals surface area contributed by atoms with E-state index < -0.39 is 0 Å². The summed E-state index contributed by atoms with van der Waals surface area (Å²) in [6, 6.07) is 7.05. The molecule has 1 amide bonds. The number of hydrogen-bond donors (Lipinski definition) is 4. The zero-order valence-corrected chi connectivity index (χ0v) is 11.9. The van der Waals surface area contributed by atoms with Crippen LogP contribution in [0.5, 0.6) is 0 Å². The van der Waals surface area contributed by atoms with Crippen molar-refractivity contribution in [2.24, 2.45) is 10.9 Å². The highest BCUT2D eigenvalue weighted by Gasteiger charge is 2.11. The molecule has 6 nitrogen and oxygen atoms in total. The van der Waals surface area contributed by atoms with Crippen LogP contribution in [0.15, 0.2) is 29.4 Å². The molecule has 0 aromatic heterocycles. The molecule has 0 saturated heterocycles. The third kappa shape index (κ3) is 4.89. The van der Waals surface area contributed by atoms with Gasteiger partial charge in [-0.15, -0.1) is 0 Å². The Hall–Kier alpha value is -2.08. The zero-order chi connectivity index (χ0) is 15.0. The van der Waals surface area contributed by atoms with Crippen LogP contribution in [0, 0.1) is 0 Å². The second-order valence-corrected chi connectivity index (χ2v) is 4.58. The third-order valence-corrected chi connectivity index (χ3v) is 2.89. The highest BCUT2D eigenvalue weighted by atomic mass is 16.4. The van der Waals surface area contributed by atoms with E-state index in [1.165, 1.54) is 0 Å². The summed E-state index contributed by atoms with van der Waals surface area (Å²) in [5.41, 5.74) is 7.15. The van der Waals surface area contributed by atoms with Crippen LogP contribution in [0.1, 0.15) is 31.4 Å². The van der Waals surface area contributed by atoms with E-state index in [2.05, 4.69) is 15.8 Å². The number of carbonyl (C=O) groups excluding carboxylic acids is 1. The number of amidine groups is 1. The van der Waals surface area contributed by atoms with Gasteiger partial charge in [0.2, 0.25) is 5.91 Å². The van der Waals surface area contributed by atoms with Gasteiger partial charge in [0.15, 0.2) is 5.84 Å². The van der Waals surface area contributed by atoms with Gasteiger partial charge < -0.3 is 21.6 Å². The minimum Gasteiger partial charge on any atom is -0.409 e. The molecule has 20 heavy (non-hydrogen) atoms. The Balaban J connectivity index is 2.55. The predicted octanol–water partition coefficient (Wildman–Crippen LogP) is 0.785. The van der Waals surface area contributed by atoms with Gasteiger partial charge in [-0.2, -0.15) is 0 Å². The fourth-order valence-electron chi connectivity index (χ4n) is 1.66. The molecule has 110 valence electrons. The van der Waals surface area contributed by atoms with Crippen molar-refractivity contribution >= 4 is 11.7 Å². The first-order valence-electron chi connectivity index (χ1n) is 6.66. The third-order valence-electron chi connectivity index (χ3n) is 2.89. The molecule has 5 N–H and O–H groups in total. The highest BCUT2D eigenvalue weighted by molar-refractivity contribution is 5.97. The predicted molar refractivity (Wildman–Crippen MR) is 78.6 cm³/mol. The summed E-state index contributed by atoms with van der Waals surface area (Å²) in [5.74, 6) is 0.0556. The molecular weight excluding hydrogens is 256 g/mol. The number of amides is 1. The fourth-order valence-corrected chi connectivity index (χ4v) is 1.66. The van der Waals surface area contributed by atoms with Crippen molar-refractivity contribution in [2.75, 3.05) is 6.54 Å². The molecule has 0 aliphatic carbocycles. The average Bonchev–Trinajstić information content (AvgIpc) is 2.49. The van der Waals surface area contributed by atoms with E-state index in [4.69, 9.17) is 10.9 Å². The van der Waals surface area contributed by atoms with Crippen molar-refractivity contribution in [3.63, 3.8) is 0 Å². The maximum absolute atomic E-state index is 11.7.